The lowest BCUT2D eigenvalue weighted by molar-refractivity contribution is -0.131. The fourth-order valence-electron chi connectivity index (χ4n) is 2.78. The van der Waals surface area contributed by atoms with Gasteiger partial charge in [-0.1, -0.05) is 0 Å². The molecule has 2 aliphatic rings. The van der Waals surface area contributed by atoms with Crippen molar-refractivity contribution in [1.29, 1.82) is 0 Å². The van der Waals surface area contributed by atoms with E-state index in [4.69, 9.17) is 0 Å². The molecule has 0 aliphatic carbocycles. The van der Waals surface area contributed by atoms with Crippen LogP contribution < -0.4 is 0 Å². The molecule has 3 heterocycles. The largest absolute Gasteiger partial charge is 0.330 e. The molecule has 3 rings (SSSR count). The topological polar surface area (TPSA) is 53.0 Å². The third-order valence-electron chi connectivity index (χ3n) is 3.99. The zero-order chi connectivity index (χ0) is 14.3. The van der Waals surface area contributed by atoms with Crippen LogP contribution in [0.2, 0.25) is 0 Å². The molecular formula is C14H17N3O2S. The second-order valence-electron chi connectivity index (χ2n) is 5.19. The minimum Gasteiger partial charge on any atom is -0.330 e. The van der Waals surface area contributed by atoms with E-state index < -0.39 is 0 Å². The van der Waals surface area contributed by atoms with Gasteiger partial charge in [0.2, 0.25) is 5.91 Å². The van der Waals surface area contributed by atoms with Crippen molar-refractivity contribution in [3.63, 3.8) is 0 Å². The van der Waals surface area contributed by atoms with E-state index in [0.29, 0.717) is 18.6 Å². The van der Waals surface area contributed by atoms with Gasteiger partial charge in [0.25, 0.3) is 5.91 Å². The van der Waals surface area contributed by atoms with Crippen LogP contribution in [0.5, 0.6) is 0 Å². The van der Waals surface area contributed by atoms with E-state index in [1.54, 1.807) is 18.4 Å². The first-order valence-corrected chi connectivity index (χ1v) is 7.67. The summed E-state index contributed by atoms with van der Waals surface area (Å²) >= 11 is 1.76. The maximum Gasteiger partial charge on any atom is 0.270 e. The average molecular weight is 291 g/mol. The molecule has 106 valence electrons. The van der Waals surface area contributed by atoms with Gasteiger partial charge in [-0.25, -0.2) is 5.01 Å². The van der Waals surface area contributed by atoms with Gasteiger partial charge < -0.3 is 4.90 Å². The predicted molar refractivity (Wildman–Crippen MR) is 77.6 cm³/mol. The van der Waals surface area contributed by atoms with E-state index in [2.05, 4.69) is 23.5 Å². The lowest BCUT2D eigenvalue weighted by Crippen LogP contribution is -2.44. The van der Waals surface area contributed by atoms with E-state index in [9.17, 15) is 9.59 Å². The number of carbonyl (C=O) groups excluding carboxylic acids is 2. The van der Waals surface area contributed by atoms with Gasteiger partial charge in [-0.05, 0) is 30.4 Å². The summed E-state index contributed by atoms with van der Waals surface area (Å²) in [7, 11) is 1.60. The second-order valence-corrected chi connectivity index (χ2v) is 6.19. The molecule has 1 aromatic heterocycles. The smallest absolute Gasteiger partial charge is 0.270 e. The summed E-state index contributed by atoms with van der Waals surface area (Å²) in [5, 5.41) is 7.49. The number of carbonyl (C=O) groups is 2. The first-order valence-electron chi connectivity index (χ1n) is 6.79. The van der Waals surface area contributed by atoms with Crippen molar-refractivity contribution in [2.45, 2.75) is 32.2 Å². The van der Waals surface area contributed by atoms with Crippen LogP contribution in [-0.2, 0) is 16.0 Å². The Bertz CT molecular complexity index is 593. The van der Waals surface area contributed by atoms with Crippen LogP contribution in [-0.4, -0.2) is 41.0 Å². The summed E-state index contributed by atoms with van der Waals surface area (Å²) in [4.78, 5) is 27.3. The van der Waals surface area contributed by atoms with Crippen LogP contribution in [0.15, 0.2) is 16.5 Å². The van der Waals surface area contributed by atoms with Crippen molar-refractivity contribution in [1.82, 2.24) is 9.91 Å². The molecule has 6 heteroatoms. The average Bonchev–Trinajstić information content (AvgIpc) is 2.91. The third kappa shape index (κ3) is 2.14. The second kappa shape index (κ2) is 5.01. The molecule has 0 spiro atoms. The van der Waals surface area contributed by atoms with Crippen LogP contribution >= 0.6 is 11.3 Å². The molecule has 1 aromatic rings. The molecule has 2 amide bonds. The summed E-state index contributed by atoms with van der Waals surface area (Å²) in [6.45, 7) is 2.78. The lowest BCUT2D eigenvalue weighted by Gasteiger charge is -2.34. The Labute approximate surface area is 121 Å². The van der Waals surface area contributed by atoms with Gasteiger partial charge in [-0.2, -0.15) is 5.10 Å². The van der Waals surface area contributed by atoms with Gasteiger partial charge in [0.05, 0.1) is 6.04 Å². The van der Waals surface area contributed by atoms with E-state index in [1.165, 1.54) is 15.4 Å². The molecular weight excluding hydrogens is 274 g/mol. The Morgan fingerprint density at radius 1 is 1.40 bits per heavy atom. The molecule has 0 bridgehead atoms. The highest BCUT2D eigenvalue weighted by Crippen LogP contribution is 2.33. The van der Waals surface area contributed by atoms with Gasteiger partial charge in [-0.15, -0.1) is 11.3 Å². The quantitative estimate of drug-likeness (QED) is 0.792. The standard InChI is InChI=1S/C14H17N3O2S/c1-9-10-6-8-20-12(10)5-7-17(9)14(19)11-3-4-13(18)16(2)15-11/h6,8-9H,3-5,7H2,1-2H3/t9-/m1/s1. The van der Waals surface area contributed by atoms with E-state index in [0.717, 1.165) is 13.0 Å². The monoisotopic (exact) mass is 291 g/mol. The number of thiophene rings is 1. The first kappa shape index (κ1) is 13.3. The van der Waals surface area contributed by atoms with Crippen molar-refractivity contribution < 1.29 is 9.59 Å². The van der Waals surface area contributed by atoms with Gasteiger partial charge in [0, 0.05) is 31.3 Å². The maximum atomic E-state index is 12.6. The van der Waals surface area contributed by atoms with Gasteiger partial charge >= 0.3 is 0 Å². The fraction of sp³-hybridized carbons (Fsp3) is 0.500. The van der Waals surface area contributed by atoms with Crippen LogP contribution in [0.4, 0.5) is 0 Å². The zero-order valence-corrected chi connectivity index (χ0v) is 12.4. The summed E-state index contributed by atoms with van der Waals surface area (Å²) < 4.78 is 0. The Hall–Kier alpha value is -1.69. The number of nitrogens with zero attached hydrogens (tertiary/aromatic N) is 3. The maximum absolute atomic E-state index is 12.6. The first-order chi connectivity index (χ1) is 9.58. The highest BCUT2D eigenvalue weighted by Gasteiger charge is 2.32. The summed E-state index contributed by atoms with van der Waals surface area (Å²) in [6.07, 6.45) is 1.72. The summed E-state index contributed by atoms with van der Waals surface area (Å²) in [5.74, 6) is -0.0675. The number of amides is 2. The number of rotatable bonds is 1. The van der Waals surface area contributed by atoms with Gasteiger partial charge in [-0.3, -0.25) is 9.59 Å². The number of hydrogen-bond donors (Lipinski definition) is 0. The van der Waals surface area contributed by atoms with Crippen LogP contribution in [0.1, 0.15) is 36.2 Å². The van der Waals surface area contributed by atoms with Crippen molar-refractivity contribution >= 4 is 28.9 Å². The third-order valence-corrected chi connectivity index (χ3v) is 4.99. The van der Waals surface area contributed by atoms with Crippen LogP contribution in [0, 0.1) is 0 Å². The summed E-state index contributed by atoms with van der Waals surface area (Å²) in [5.41, 5.74) is 1.74. The van der Waals surface area contributed by atoms with Gasteiger partial charge in [0.15, 0.2) is 0 Å². The SMILES string of the molecule is C[C@@H]1c2ccsc2CCN1C(=O)C1=NN(C)C(=O)CC1. The predicted octanol–water partition coefficient (Wildman–Crippen LogP) is 1.80. The Balaban J connectivity index is 1.82. The van der Waals surface area contributed by atoms with Gasteiger partial charge in [0.1, 0.15) is 5.71 Å². The molecule has 0 saturated carbocycles. The number of hydrogen-bond acceptors (Lipinski definition) is 4. The minimum absolute atomic E-state index is 0.0336. The molecule has 0 fully saturated rings. The van der Waals surface area contributed by atoms with E-state index in [1.807, 2.05) is 4.90 Å². The molecule has 0 radical (unpaired) electrons. The van der Waals surface area contributed by atoms with Crippen molar-refractivity contribution in [3.05, 3.63) is 21.9 Å². The molecule has 0 aromatic carbocycles. The Morgan fingerprint density at radius 3 is 2.95 bits per heavy atom. The number of fused-ring (bicyclic) bond motifs is 1. The van der Waals surface area contributed by atoms with Crippen molar-refractivity contribution in [2.24, 2.45) is 5.10 Å². The highest BCUT2D eigenvalue weighted by molar-refractivity contribution is 7.10. The molecule has 0 saturated heterocycles. The summed E-state index contributed by atoms with van der Waals surface area (Å²) in [6, 6.07) is 2.19. The number of hydrazone groups is 1. The fourth-order valence-corrected chi connectivity index (χ4v) is 3.74. The van der Waals surface area contributed by atoms with Crippen LogP contribution in [0.3, 0.4) is 0 Å². The Kier molecular flexibility index (Phi) is 3.33. The lowest BCUT2D eigenvalue weighted by atomic mass is 10.00. The zero-order valence-electron chi connectivity index (χ0n) is 11.6. The van der Waals surface area contributed by atoms with Crippen molar-refractivity contribution in [2.75, 3.05) is 13.6 Å². The molecule has 0 N–H and O–H groups in total. The molecule has 2 aliphatic heterocycles. The molecule has 20 heavy (non-hydrogen) atoms. The van der Waals surface area contributed by atoms with E-state index in [-0.39, 0.29) is 17.9 Å². The minimum atomic E-state index is -0.0339. The highest BCUT2D eigenvalue weighted by atomic mass is 32.1. The van der Waals surface area contributed by atoms with E-state index >= 15 is 0 Å². The Morgan fingerprint density at radius 2 is 2.20 bits per heavy atom. The molecule has 5 nitrogen and oxygen atoms in total. The van der Waals surface area contributed by atoms with Crippen LogP contribution in [0.25, 0.3) is 0 Å². The van der Waals surface area contributed by atoms with Crippen molar-refractivity contribution in [3.8, 4) is 0 Å². The normalized spacial score (nSPS) is 22.6. The molecule has 1 atom stereocenters. The molecule has 0 unspecified atom stereocenters.